The van der Waals surface area contributed by atoms with E-state index in [9.17, 15) is 0 Å². The molecule has 0 radical (unpaired) electrons. The lowest BCUT2D eigenvalue weighted by Crippen LogP contribution is -2.29. The van der Waals surface area contributed by atoms with Crippen LogP contribution in [-0.4, -0.2) is 24.1 Å². The smallest absolute Gasteiger partial charge is 0.00711 e. The van der Waals surface area contributed by atoms with Crippen molar-refractivity contribution in [3.8, 4) is 0 Å². The zero-order valence-corrected chi connectivity index (χ0v) is 10.6. The third kappa shape index (κ3) is 4.18. The first-order valence-corrected chi connectivity index (χ1v) is 7.36. The van der Waals surface area contributed by atoms with Gasteiger partial charge in [0.05, 0.1) is 0 Å². The van der Waals surface area contributed by atoms with Gasteiger partial charge >= 0.3 is 0 Å². The summed E-state index contributed by atoms with van der Waals surface area (Å²) in [5.74, 6) is 1.32. The van der Waals surface area contributed by atoms with E-state index < -0.39 is 0 Å². The van der Waals surface area contributed by atoms with Gasteiger partial charge in [-0.3, -0.25) is 0 Å². The van der Waals surface area contributed by atoms with Gasteiger partial charge in [-0.15, -0.1) is 0 Å². The SMILES string of the molecule is c1ccc(CCCSC2CCNCC2)cc1. The maximum Gasteiger partial charge on any atom is 0.00711 e. The van der Waals surface area contributed by atoms with E-state index in [4.69, 9.17) is 0 Å². The molecular formula is C14H21NS. The Morgan fingerprint density at radius 3 is 2.62 bits per heavy atom. The average Bonchev–Trinajstić information content (AvgIpc) is 2.37. The van der Waals surface area contributed by atoms with Crippen molar-refractivity contribution >= 4 is 11.8 Å². The Balaban J connectivity index is 1.58. The lowest BCUT2D eigenvalue weighted by atomic mass is 10.1. The maximum atomic E-state index is 3.42. The molecular weight excluding hydrogens is 214 g/mol. The molecule has 1 nitrogen and oxygen atoms in total. The van der Waals surface area contributed by atoms with Gasteiger partial charge in [0.2, 0.25) is 0 Å². The fraction of sp³-hybridized carbons (Fsp3) is 0.571. The van der Waals surface area contributed by atoms with Crippen LogP contribution in [0.25, 0.3) is 0 Å². The predicted octanol–water partition coefficient (Wildman–Crippen LogP) is 3.10. The Bertz CT molecular complexity index is 280. The first-order chi connectivity index (χ1) is 7.95. The summed E-state index contributed by atoms with van der Waals surface area (Å²) in [6, 6.07) is 10.8. The van der Waals surface area contributed by atoms with E-state index in [1.165, 1.54) is 50.1 Å². The highest BCUT2D eigenvalue weighted by atomic mass is 32.2. The Morgan fingerprint density at radius 2 is 1.88 bits per heavy atom. The number of aryl methyl sites for hydroxylation is 1. The molecule has 1 N–H and O–H groups in total. The van der Waals surface area contributed by atoms with E-state index in [1.807, 2.05) is 0 Å². The molecule has 0 aliphatic carbocycles. The maximum absolute atomic E-state index is 3.42. The second-order valence-corrected chi connectivity index (χ2v) is 5.82. The van der Waals surface area contributed by atoms with Crippen LogP contribution in [0.15, 0.2) is 30.3 Å². The van der Waals surface area contributed by atoms with Gasteiger partial charge in [0.1, 0.15) is 0 Å². The van der Waals surface area contributed by atoms with Gasteiger partial charge in [-0.2, -0.15) is 11.8 Å². The van der Waals surface area contributed by atoms with Crippen LogP contribution in [0, 0.1) is 0 Å². The summed E-state index contributed by atoms with van der Waals surface area (Å²) in [4.78, 5) is 0. The molecule has 0 aromatic heterocycles. The number of hydrogen-bond donors (Lipinski definition) is 1. The van der Waals surface area contributed by atoms with Crippen molar-refractivity contribution in [1.29, 1.82) is 0 Å². The zero-order chi connectivity index (χ0) is 11.1. The molecule has 16 heavy (non-hydrogen) atoms. The molecule has 0 saturated carbocycles. The Hall–Kier alpha value is -0.470. The molecule has 0 bridgehead atoms. The minimum absolute atomic E-state index is 0.914. The van der Waals surface area contributed by atoms with E-state index in [-0.39, 0.29) is 0 Å². The van der Waals surface area contributed by atoms with Crippen LogP contribution in [0.5, 0.6) is 0 Å². The Labute approximate surface area is 103 Å². The normalized spacial score (nSPS) is 17.5. The van der Waals surface area contributed by atoms with Gasteiger partial charge in [-0.1, -0.05) is 30.3 Å². The van der Waals surface area contributed by atoms with Crippen LogP contribution in [0.4, 0.5) is 0 Å². The molecule has 1 aliphatic heterocycles. The standard InChI is InChI=1S/C14H21NS/c1-2-5-13(6-3-1)7-4-12-16-14-8-10-15-11-9-14/h1-3,5-6,14-15H,4,7-12H2. The van der Waals surface area contributed by atoms with Crippen LogP contribution in [0.2, 0.25) is 0 Å². The molecule has 1 heterocycles. The third-order valence-electron chi connectivity index (χ3n) is 3.09. The molecule has 0 amide bonds. The molecule has 1 aliphatic rings. The first kappa shape index (κ1) is 12.0. The monoisotopic (exact) mass is 235 g/mol. The van der Waals surface area contributed by atoms with Crippen LogP contribution in [-0.2, 0) is 6.42 Å². The van der Waals surface area contributed by atoms with Crippen LogP contribution >= 0.6 is 11.8 Å². The number of piperidine rings is 1. The highest BCUT2D eigenvalue weighted by Gasteiger charge is 2.12. The van der Waals surface area contributed by atoms with Crippen molar-refractivity contribution in [3.63, 3.8) is 0 Å². The van der Waals surface area contributed by atoms with Crippen molar-refractivity contribution in [2.24, 2.45) is 0 Å². The fourth-order valence-corrected chi connectivity index (χ4v) is 3.35. The average molecular weight is 235 g/mol. The van der Waals surface area contributed by atoms with Gasteiger partial charge in [0, 0.05) is 5.25 Å². The van der Waals surface area contributed by atoms with Crippen molar-refractivity contribution in [3.05, 3.63) is 35.9 Å². The fourth-order valence-electron chi connectivity index (χ4n) is 2.13. The minimum atomic E-state index is 0.914. The summed E-state index contributed by atoms with van der Waals surface area (Å²) in [5.41, 5.74) is 1.48. The van der Waals surface area contributed by atoms with Gasteiger partial charge < -0.3 is 5.32 Å². The largest absolute Gasteiger partial charge is 0.317 e. The van der Waals surface area contributed by atoms with Crippen molar-refractivity contribution in [1.82, 2.24) is 5.32 Å². The van der Waals surface area contributed by atoms with E-state index in [0.717, 1.165) is 5.25 Å². The number of hydrogen-bond acceptors (Lipinski definition) is 2. The molecule has 1 fully saturated rings. The highest BCUT2D eigenvalue weighted by Crippen LogP contribution is 2.21. The number of nitrogens with one attached hydrogen (secondary N) is 1. The van der Waals surface area contributed by atoms with E-state index >= 15 is 0 Å². The molecule has 1 aromatic rings. The van der Waals surface area contributed by atoms with E-state index in [0.29, 0.717) is 0 Å². The molecule has 0 unspecified atom stereocenters. The summed E-state index contributed by atoms with van der Waals surface area (Å²) >= 11 is 2.18. The van der Waals surface area contributed by atoms with Crippen LogP contribution in [0.1, 0.15) is 24.8 Å². The van der Waals surface area contributed by atoms with Gasteiger partial charge in [0.25, 0.3) is 0 Å². The zero-order valence-electron chi connectivity index (χ0n) is 9.82. The first-order valence-electron chi connectivity index (χ1n) is 6.31. The lowest BCUT2D eigenvalue weighted by molar-refractivity contribution is 0.531. The van der Waals surface area contributed by atoms with Crippen molar-refractivity contribution in [2.45, 2.75) is 30.9 Å². The number of rotatable bonds is 5. The topological polar surface area (TPSA) is 12.0 Å². The van der Waals surface area contributed by atoms with Crippen molar-refractivity contribution < 1.29 is 0 Å². The summed E-state index contributed by atoms with van der Waals surface area (Å²) in [5, 5.41) is 4.33. The van der Waals surface area contributed by atoms with Crippen LogP contribution < -0.4 is 5.32 Å². The molecule has 0 atom stereocenters. The van der Waals surface area contributed by atoms with Gasteiger partial charge in [0.15, 0.2) is 0 Å². The molecule has 1 saturated heterocycles. The molecule has 2 heteroatoms. The summed E-state index contributed by atoms with van der Waals surface area (Å²) in [6.07, 6.45) is 5.27. The third-order valence-corrected chi connectivity index (χ3v) is 4.56. The summed E-state index contributed by atoms with van der Waals surface area (Å²) < 4.78 is 0. The minimum Gasteiger partial charge on any atom is -0.317 e. The molecule has 2 rings (SSSR count). The van der Waals surface area contributed by atoms with Crippen LogP contribution in [0.3, 0.4) is 0 Å². The molecule has 1 aromatic carbocycles. The Morgan fingerprint density at radius 1 is 1.12 bits per heavy atom. The molecule has 0 spiro atoms. The lowest BCUT2D eigenvalue weighted by Gasteiger charge is -2.21. The van der Waals surface area contributed by atoms with E-state index in [1.54, 1.807) is 0 Å². The quantitative estimate of drug-likeness (QED) is 0.787. The second kappa shape index (κ2) is 6.97. The number of benzene rings is 1. The second-order valence-electron chi connectivity index (χ2n) is 4.41. The van der Waals surface area contributed by atoms with Gasteiger partial charge in [-0.25, -0.2) is 0 Å². The van der Waals surface area contributed by atoms with Gasteiger partial charge in [-0.05, 0) is 50.1 Å². The van der Waals surface area contributed by atoms with E-state index in [2.05, 4.69) is 47.4 Å². The number of thioether (sulfide) groups is 1. The molecule has 88 valence electrons. The predicted molar refractivity (Wildman–Crippen MR) is 73.1 cm³/mol. The summed E-state index contributed by atoms with van der Waals surface area (Å²) in [7, 11) is 0. The van der Waals surface area contributed by atoms with Crippen molar-refractivity contribution in [2.75, 3.05) is 18.8 Å². The summed E-state index contributed by atoms with van der Waals surface area (Å²) in [6.45, 7) is 2.44. The Kier molecular flexibility index (Phi) is 5.23. The highest BCUT2D eigenvalue weighted by molar-refractivity contribution is 7.99.